The van der Waals surface area contributed by atoms with Gasteiger partial charge >= 0.3 is 0 Å². The molecule has 0 saturated heterocycles. The Kier molecular flexibility index (Phi) is 3.94. The minimum absolute atomic E-state index is 0.499. The second kappa shape index (κ2) is 5.72. The van der Waals surface area contributed by atoms with Crippen molar-refractivity contribution in [3.05, 3.63) is 41.6 Å². The first-order valence-corrected chi connectivity index (χ1v) is 8.06. The van der Waals surface area contributed by atoms with E-state index in [1.54, 1.807) is 0 Å². The highest BCUT2D eigenvalue weighted by atomic mass is 35.5. The van der Waals surface area contributed by atoms with Crippen LogP contribution in [-0.4, -0.2) is 23.4 Å². The van der Waals surface area contributed by atoms with Crippen LogP contribution in [0.15, 0.2) is 30.3 Å². The minimum atomic E-state index is 0.499. The van der Waals surface area contributed by atoms with Crippen molar-refractivity contribution in [3.63, 3.8) is 0 Å². The van der Waals surface area contributed by atoms with Crippen LogP contribution in [0, 0.1) is 18.8 Å². The molecule has 1 aromatic heterocycles. The molecule has 1 aliphatic carbocycles. The zero-order valence-electron chi connectivity index (χ0n) is 12.9. The standard InChI is InChI=1S/C17H22ClN3/c1-12-9-14(12)11-20(3)17-16(10-18)13(2)19-21(17)15-7-5-4-6-8-15/h4-8,12,14H,9-11H2,1-3H3. The van der Waals surface area contributed by atoms with Gasteiger partial charge in [-0.3, -0.25) is 0 Å². The smallest absolute Gasteiger partial charge is 0.136 e. The van der Waals surface area contributed by atoms with Crippen LogP contribution in [0.3, 0.4) is 0 Å². The molecule has 112 valence electrons. The Bertz CT molecular complexity index is 620. The molecule has 3 nitrogen and oxygen atoms in total. The van der Waals surface area contributed by atoms with Crippen molar-refractivity contribution in [2.24, 2.45) is 11.8 Å². The Morgan fingerprint density at radius 3 is 2.57 bits per heavy atom. The Morgan fingerprint density at radius 1 is 1.33 bits per heavy atom. The van der Waals surface area contributed by atoms with Gasteiger partial charge < -0.3 is 4.90 Å². The molecule has 2 aromatic rings. The van der Waals surface area contributed by atoms with Crippen LogP contribution in [0.25, 0.3) is 5.69 Å². The van der Waals surface area contributed by atoms with Gasteiger partial charge in [0.05, 0.1) is 17.3 Å². The number of rotatable bonds is 5. The maximum absolute atomic E-state index is 6.18. The van der Waals surface area contributed by atoms with Gasteiger partial charge in [0.25, 0.3) is 0 Å². The summed E-state index contributed by atoms with van der Waals surface area (Å²) in [6.07, 6.45) is 1.33. The minimum Gasteiger partial charge on any atom is -0.359 e. The number of alkyl halides is 1. The van der Waals surface area contributed by atoms with E-state index in [0.717, 1.165) is 41.1 Å². The highest BCUT2D eigenvalue weighted by molar-refractivity contribution is 6.17. The second-order valence-corrected chi connectivity index (χ2v) is 6.39. The number of para-hydroxylation sites is 1. The summed E-state index contributed by atoms with van der Waals surface area (Å²) in [7, 11) is 2.15. The molecule has 3 rings (SSSR count). The Labute approximate surface area is 131 Å². The van der Waals surface area contributed by atoms with E-state index < -0.39 is 0 Å². The van der Waals surface area contributed by atoms with Gasteiger partial charge in [-0.05, 0) is 37.3 Å². The van der Waals surface area contributed by atoms with Crippen LogP contribution in [0.4, 0.5) is 5.82 Å². The van der Waals surface area contributed by atoms with Gasteiger partial charge in [0.15, 0.2) is 0 Å². The number of aromatic nitrogens is 2. The molecule has 0 amide bonds. The highest BCUT2D eigenvalue weighted by Crippen LogP contribution is 2.39. The molecule has 1 saturated carbocycles. The molecule has 0 aliphatic heterocycles. The zero-order chi connectivity index (χ0) is 15.0. The molecule has 2 unspecified atom stereocenters. The van der Waals surface area contributed by atoms with Gasteiger partial charge in [0, 0.05) is 19.2 Å². The van der Waals surface area contributed by atoms with Gasteiger partial charge in [0.1, 0.15) is 5.82 Å². The molecule has 21 heavy (non-hydrogen) atoms. The summed E-state index contributed by atoms with van der Waals surface area (Å²) in [5.74, 6) is 3.28. The number of nitrogens with zero attached hydrogens (tertiary/aromatic N) is 3. The number of anilines is 1. The van der Waals surface area contributed by atoms with E-state index >= 15 is 0 Å². The normalized spacial score (nSPS) is 20.6. The predicted octanol–water partition coefficient (Wildman–Crippen LogP) is 4.01. The van der Waals surface area contributed by atoms with Gasteiger partial charge in [-0.1, -0.05) is 25.1 Å². The van der Waals surface area contributed by atoms with Crippen LogP contribution in [0.5, 0.6) is 0 Å². The van der Waals surface area contributed by atoms with Crippen LogP contribution in [0.1, 0.15) is 24.6 Å². The summed E-state index contributed by atoms with van der Waals surface area (Å²) < 4.78 is 2.03. The lowest BCUT2D eigenvalue weighted by Gasteiger charge is -2.22. The third-order valence-corrected chi connectivity index (χ3v) is 4.71. The monoisotopic (exact) mass is 303 g/mol. The number of benzene rings is 1. The summed E-state index contributed by atoms with van der Waals surface area (Å²) in [4.78, 5) is 2.32. The molecule has 4 heteroatoms. The molecule has 1 fully saturated rings. The SMILES string of the molecule is Cc1nn(-c2ccccc2)c(N(C)CC2CC2C)c1CCl. The van der Waals surface area contributed by atoms with E-state index in [4.69, 9.17) is 16.7 Å². The van der Waals surface area contributed by atoms with Gasteiger partial charge in [0.2, 0.25) is 0 Å². The van der Waals surface area contributed by atoms with E-state index in [-0.39, 0.29) is 0 Å². The molecule has 1 aliphatic rings. The third kappa shape index (κ3) is 2.80. The lowest BCUT2D eigenvalue weighted by atomic mass is 10.2. The van der Waals surface area contributed by atoms with Gasteiger partial charge in [-0.25, -0.2) is 4.68 Å². The summed E-state index contributed by atoms with van der Waals surface area (Å²) in [6, 6.07) is 10.3. The summed E-state index contributed by atoms with van der Waals surface area (Å²) in [6.45, 7) is 5.43. The third-order valence-electron chi connectivity index (χ3n) is 4.44. The maximum atomic E-state index is 6.18. The quantitative estimate of drug-likeness (QED) is 0.778. The first kappa shape index (κ1) is 14.5. The van der Waals surface area contributed by atoms with E-state index in [1.165, 1.54) is 6.42 Å². The molecule has 1 heterocycles. The Hall–Kier alpha value is -1.48. The Balaban J connectivity index is 2.00. The first-order chi connectivity index (χ1) is 10.1. The van der Waals surface area contributed by atoms with Crippen LogP contribution in [-0.2, 0) is 5.88 Å². The van der Waals surface area contributed by atoms with Crippen molar-refractivity contribution in [1.29, 1.82) is 0 Å². The summed E-state index contributed by atoms with van der Waals surface area (Å²) >= 11 is 6.18. The molecule has 0 N–H and O–H groups in total. The average Bonchev–Trinajstić information content (AvgIpc) is 3.06. The molecule has 1 aromatic carbocycles. The maximum Gasteiger partial charge on any atom is 0.136 e. The molecular formula is C17H22ClN3. The van der Waals surface area contributed by atoms with Crippen molar-refractivity contribution in [3.8, 4) is 5.69 Å². The lowest BCUT2D eigenvalue weighted by Crippen LogP contribution is -2.24. The van der Waals surface area contributed by atoms with Crippen molar-refractivity contribution in [2.75, 3.05) is 18.5 Å². The van der Waals surface area contributed by atoms with E-state index in [9.17, 15) is 0 Å². The fourth-order valence-electron chi connectivity index (χ4n) is 2.94. The van der Waals surface area contributed by atoms with Crippen LogP contribution in [0.2, 0.25) is 0 Å². The fraction of sp³-hybridized carbons (Fsp3) is 0.471. The van der Waals surface area contributed by atoms with E-state index in [0.29, 0.717) is 5.88 Å². The molecule has 0 bridgehead atoms. The fourth-order valence-corrected chi connectivity index (χ4v) is 3.25. The van der Waals surface area contributed by atoms with Crippen molar-refractivity contribution in [2.45, 2.75) is 26.1 Å². The molecular weight excluding hydrogens is 282 g/mol. The topological polar surface area (TPSA) is 21.1 Å². The average molecular weight is 304 g/mol. The molecule has 2 atom stereocenters. The first-order valence-electron chi connectivity index (χ1n) is 7.52. The number of aryl methyl sites for hydroxylation is 1. The van der Waals surface area contributed by atoms with Crippen molar-refractivity contribution < 1.29 is 0 Å². The number of hydrogen-bond donors (Lipinski definition) is 0. The van der Waals surface area contributed by atoms with Gasteiger partial charge in [-0.2, -0.15) is 5.10 Å². The van der Waals surface area contributed by atoms with Crippen molar-refractivity contribution >= 4 is 17.4 Å². The summed E-state index contributed by atoms with van der Waals surface area (Å²) in [5.41, 5.74) is 3.23. The largest absolute Gasteiger partial charge is 0.359 e. The van der Waals surface area contributed by atoms with Crippen LogP contribution >= 0.6 is 11.6 Å². The van der Waals surface area contributed by atoms with Crippen molar-refractivity contribution in [1.82, 2.24) is 9.78 Å². The summed E-state index contributed by atoms with van der Waals surface area (Å²) in [5, 5.41) is 4.71. The Morgan fingerprint density at radius 2 is 2.00 bits per heavy atom. The van der Waals surface area contributed by atoms with E-state index in [2.05, 4.69) is 31.0 Å². The molecule has 0 radical (unpaired) electrons. The highest BCUT2D eigenvalue weighted by Gasteiger charge is 2.34. The molecule has 0 spiro atoms. The lowest BCUT2D eigenvalue weighted by molar-refractivity contribution is 0.704. The zero-order valence-corrected chi connectivity index (χ0v) is 13.6. The number of halogens is 1. The number of hydrogen-bond acceptors (Lipinski definition) is 2. The van der Waals surface area contributed by atoms with E-state index in [1.807, 2.05) is 29.8 Å². The second-order valence-electron chi connectivity index (χ2n) is 6.12. The van der Waals surface area contributed by atoms with Gasteiger partial charge in [-0.15, -0.1) is 11.6 Å². The predicted molar refractivity (Wildman–Crippen MR) is 88.4 cm³/mol. The van der Waals surface area contributed by atoms with Crippen LogP contribution < -0.4 is 4.90 Å².